The first-order valence-electron chi connectivity index (χ1n) is 7.15. The predicted octanol–water partition coefficient (Wildman–Crippen LogP) is 2.43. The number of fused-ring (bicyclic) bond motifs is 1. The summed E-state index contributed by atoms with van der Waals surface area (Å²) in [6.07, 6.45) is 2.56. The molecule has 1 saturated carbocycles. The molecule has 0 amide bonds. The second-order valence-corrected chi connectivity index (χ2v) is 5.42. The molecule has 106 valence electrons. The van der Waals surface area contributed by atoms with Crippen LogP contribution in [0.25, 0.3) is 10.9 Å². The fourth-order valence-corrected chi connectivity index (χ4v) is 2.56. The van der Waals surface area contributed by atoms with E-state index in [0.717, 1.165) is 36.2 Å². The number of nitrogens with two attached hydrogens (primary N) is 1. The van der Waals surface area contributed by atoms with Crippen LogP contribution in [0.1, 0.15) is 18.4 Å². The van der Waals surface area contributed by atoms with Gasteiger partial charge in [-0.05, 0) is 25.0 Å². The van der Waals surface area contributed by atoms with Crippen LogP contribution in [0.4, 0.5) is 5.82 Å². The second-order valence-electron chi connectivity index (χ2n) is 5.42. The molecule has 0 aliphatic heterocycles. The van der Waals surface area contributed by atoms with Gasteiger partial charge in [0.2, 0.25) is 0 Å². The Kier molecular flexibility index (Phi) is 3.85. The Balaban J connectivity index is 1.83. The average Bonchev–Trinajstić information content (AvgIpc) is 3.28. The number of pyridine rings is 1. The monoisotopic (exact) mass is 271 g/mol. The first kappa shape index (κ1) is 13.3. The number of ether oxygens (including phenoxy) is 1. The van der Waals surface area contributed by atoms with Gasteiger partial charge in [0, 0.05) is 37.2 Å². The Hall–Kier alpha value is -1.65. The van der Waals surface area contributed by atoms with Crippen LogP contribution in [-0.4, -0.2) is 36.2 Å². The second kappa shape index (κ2) is 5.77. The van der Waals surface area contributed by atoms with Crippen LogP contribution in [0.15, 0.2) is 30.3 Å². The van der Waals surface area contributed by atoms with Crippen molar-refractivity contribution >= 4 is 16.7 Å². The van der Waals surface area contributed by atoms with Crippen molar-refractivity contribution in [3.05, 3.63) is 35.9 Å². The van der Waals surface area contributed by atoms with Crippen molar-refractivity contribution in [1.82, 2.24) is 9.88 Å². The molecule has 3 rings (SSSR count). The molecule has 1 aromatic heterocycles. The van der Waals surface area contributed by atoms with E-state index in [0.29, 0.717) is 11.9 Å². The Morgan fingerprint density at radius 2 is 2.15 bits per heavy atom. The third kappa shape index (κ3) is 2.92. The molecular formula is C16H21N3O. The molecular weight excluding hydrogens is 250 g/mol. The minimum absolute atomic E-state index is 0.645. The molecule has 1 aliphatic rings. The third-order valence-electron chi connectivity index (χ3n) is 3.86. The van der Waals surface area contributed by atoms with E-state index in [1.165, 1.54) is 12.8 Å². The number of hydrogen-bond acceptors (Lipinski definition) is 4. The van der Waals surface area contributed by atoms with Gasteiger partial charge in [-0.25, -0.2) is 4.98 Å². The largest absolute Gasteiger partial charge is 0.383 e. The van der Waals surface area contributed by atoms with Gasteiger partial charge in [0.1, 0.15) is 5.82 Å². The fourth-order valence-electron chi connectivity index (χ4n) is 2.56. The first-order chi connectivity index (χ1) is 9.78. The minimum Gasteiger partial charge on any atom is -0.383 e. The van der Waals surface area contributed by atoms with Gasteiger partial charge in [-0.2, -0.15) is 0 Å². The van der Waals surface area contributed by atoms with E-state index in [9.17, 15) is 0 Å². The van der Waals surface area contributed by atoms with E-state index in [1.54, 1.807) is 7.11 Å². The summed E-state index contributed by atoms with van der Waals surface area (Å²) in [7, 11) is 1.75. The zero-order chi connectivity index (χ0) is 13.9. The maximum atomic E-state index is 6.12. The molecule has 1 aliphatic carbocycles. The van der Waals surface area contributed by atoms with E-state index in [1.807, 2.05) is 18.2 Å². The van der Waals surface area contributed by atoms with Crippen molar-refractivity contribution in [1.29, 1.82) is 0 Å². The van der Waals surface area contributed by atoms with Crippen LogP contribution in [0, 0.1) is 0 Å². The zero-order valence-corrected chi connectivity index (χ0v) is 11.9. The highest BCUT2D eigenvalue weighted by molar-refractivity contribution is 5.81. The summed E-state index contributed by atoms with van der Waals surface area (Å²) in [5, 5.41) is 1.15. The third-order valence-corrected chi connectivity index (χ3v) is 3.86. The number of hydrogen-bond donors (Lipinski definition) is 1. The van der Waals surface area contributed by atoms with Crippen LogP contribution in [0.3, 0.4) is 0 Å². The van der Waals surface area contributed by atoms with Crippen LogP contribution in [-0.2, 0) is 11.3 Å². The Morgan fingerprint density at radius 1 is 1.35 bits per heavy atom. The van der Waals surface area contributed by atoms with Gasteiger partial charge < -0.3 is 10.5 Å². The highest BCUT2D eigenvalue weighted by Gasteiger charge is 2.29. The molecule has 0 spiro atoms. The van der Waals surface area contributed by atoms with Crippen LogP contribution < -0.4 is 5.73 Å². The maximum Gasteiger partial charge on any atom is 0.128 e. The van der Waals surface area contributed by atoms with Gasteiger partial charge in [-0.15, -0.1) is 0 Å². The molecule has 1 heterocycles. The summed E-state index contributed by atoms with van der Waals surface area (Å²) in [5.74, 6) is 0.645. The summed E-state index contributed by atoms with van der Waals surface area (Å²) < 4.78 is 5.20. The molecule has 2 N–H and O–H groups in total. The maximum absolute atomic E-state index is 6.12. The number of nitrogens with zero attached hydrogens (tertiary/aromatic N) is 2. The molecule has 0 radical (unpaired) electrons. The number of aromatic nitrogens is 1. The molecule has 4 nitrogen and oxygen atoms in total. The van der Waals surface area contributed by atoms with Crippen molar-refractivity contribution in [3.63, 3.8) is 0 Å². The first-order valence-corrected chi connectivity index (χ1v) is 7.15. The molecule has 1 fully saturated rings. The van der Waals surface area contributed by atoms with E-state index < -0.39 is 0 Å². The molecule has 0 unspecified atom stereocenters. The Morgan fingerprint density at radius 3 is 2.90 bits per heavy atom. The van der Waals surface area contributed by atoms with Crippen molar-refractivity contribution < 1.29 is 4.74 Å². The predicted molar refractivity (Wildman–Crippen MR) is 81.5 cm³/mol. The average molecular weight is 271 g/mol. The fraction of sp³-hybridized carbons (Fsp3) is 0.438. The molecule has 0 bridgehead atoms. The number of anilines is 1. The molecule has 20 heavy (non-hydrogen) atoms. The van der Waals surface area contributed by atoms with Gasteiger partial charge in [0.15, 0.2) is 0 Å². The van der Waals surface area contributed by atoms with Gasteiger partial charge in [-0.3, -0.25) is 4.90 Å². The summed E-state index contributed by atoms with van der Waals surface area (Å²) in [6, 6.07) is 11.0. The lowest BCUT2D eigenvalue weighted by atomic mass is 10.1. The lowest BCUT2D eigenvalue weighted by Crippen LogP contribution is -2.29. The quantitative estimate of drug-likeness (QED) is 0.876. The SMILES string of the molecule is COCCN(Cc1cc2ccccc2nc1N)C1CC1. The van der Waals surface area contributed by atoms with Gasteiger partial charge in [0.25, 0.3) is 0 Å². The Bertz CT molecular complexity index is 595. The smallest absolute Gasteiger partial charge is 0.128 e. The number of nitrogen functional groups attached to an aromatic ring is 1. The summed E-state index contributed by atoms with van der Waals surface area (Å²) in [6.45, 7) is 2.57. The number of benzene rings is 1. The van der Waals surface area contributed by atoms with E-state index >= 15 is 0 Å². The lowest BCUT2D eigenvalue weighted by Gasteiger charge is -2.22. The summed E-state index contributed by atoms with van der Waals surface area (Å²) in [4.78, 5) is 6.96. The van der Waals surface area contributed by atoms with Crippen molar-refractivity contribution in [3.8, 4) is 0 Å². The minimum atomic E-state index is 0.645. The highest BCUT2D eigenvalue weighted by atomic mass is 16.5. The number of para-hydroxylation sites is 1. The Labute approximate surface area is 119 Å². The van der Waals surface area contributed by atoms with E-state index in [-0.39, 0.29) is 0 Å². The molecule has 1 aromatic carbocycles. The zero-order valence-electron chi connectivity index (χ0n) is 11.9. The molecule has 4 heteroatoms. The van der Waals surface area contributed by atoms with Gasteiger partial charge in [-0.1, -0.05) is 18.2 Å². The summed E-state index contributed by atoms with van der Waals surface area (Å²) in [5.41, 5.74) is 8.19. The molecule has 0 saturated heterocycles. The van der Waals surface area contributed by atoms with Crippen molar-refractivity contribution in [2.24, 2.45) is 0 Å². The van der Waals surface area contributed by atoms with Crippen LogP contribution in [0.5, 0.6) is 0 Å². The van der Waals surface area contributed by atoms with E-state index in [4.69, 9.17) is 10.5 Å². The summed E-state index contributed by atoms with van der Waals surface area (Å²) >= 11 is 0. The topological polar surface area (TPSA) is 51.4 Å². The van der Waals surface area contributed by atoms with Gasteiger partial charge >= 0.3 is 0 Å². The van der Waals surface area contributed by atoms with Gasteiger partial charge in [0.05, 0.1) is 12.1 Å². The number of rotatable bonds is 6. The highest BCUT2D eigenvalue weighted by Crippen LogP contribution is 2.29. The van der Waals surface area contributed by atoms with Crippen LogP contribution >= 0.6 is 0 Å². The van der Waals surface area contributed by atoms with Crippen molar-refractivity contribution in [2.45, 2.75) is 25.4 Å². The van der Waals surface area contributed by atoms with Crippen LogP contribution in [0.2, 0.25) is 0 Å². The van der Waals surface area contributed by atoms with E-state index in [2.05, 4.69) is 22.0 Å². The molecule has 2 aromatic rings. The normalized spacial score (nSPS) is 15.1. The van der Waals surface area contributed by atoms with Crippen molar-refractivity contribution in [2.75, 3.05) is 26.0 Å². The number of methoxy groups -OCH3 is 1. The standard InChI is InChI=1S/C16H21N3O/c1-20-9-8-19(14-6-7-14)11-13-10-12-4-2-3-5-15(12)18-16(13)17/h2-5,10,14H,6-9,11H2,1H3,(H2,17,18). The molecule has 0 atom stereocenters. The lowest BCUT2D eigenvalue weighted by molar-refractivity contribution is 0.139.